The Morgan fingerprint density at radius 2 is 2.12 bits per heavy atom. The van der Waals surface area contributed by atoms with Gasteiger partial charge < -0.3 is 14.6 Å². The molecule has 0 aliphatic heterocycles. The van der Waals surface area contributed by atoms with Gasteiger partial charge in [0.2, 0.25) is 5.96 Å². The molecule has 1 heterocycles. The normalized spacial score (nSPS) is 11.7. The zero-order valence-corrected chi connectivity index (χ0v) is 14.6. The second-order valence-electron chi connectivity index (χ2n) is 6.02. The SMILES string of the molecule is C/N=C(\NC#N)NCCCCc1cc2ccc(CN(C)C)cc2o1. The highest BCUT2D eigenvalue weighted by Crippen LogP contribution is 2.22. The van der Waals surface area contributed by atoms with Gasteiger partial charge in [-0.2, -0.15) is 5.26 Å². The molecule has 0 aliphatic carbocycles. The van der Waals surface area contributed by atoms with E-state index in [-0.39, 0.29) is 0 Å². The van der Waals surface area contributed by atoms with Crippen LogP contribution in [-0.4, -0.2) is 38.5 Å². The topological polar surface area (TPSA) is 76.6 Å². The van der Waals surface area contributed by atoms with Gasteiger partial charge in [-0.3, -0.25) is 10.3 Å². The summed E-state index contributed by atoms with van der Waals surface area (Å²) in [5.41, 5.74) is 2.22. The van der Waals surface area contributed by atoms with E-state index < -0.39 is 0 Å². The van der Waals surface area contributed by atoms with Crippen LogP contribution in [0.15, 0.2) is 33.7 Å². The fourth-order valence-corrected chi connectivity index (χ4v) is 2.58. The van der Waals surface area contributed by atoms with Crippen LogP contribution in [0.4, 0.5) is 0 Å². The number of aliphatic imine (C=N–C) groups is 1. The molecule has 0 amide bonds. The van der Waals surface area contributed by atoms with Crippen LogP contribution < -0.4 is 10.6 Å². The van der Waals surface area contributed by atoms with Crippen molar-refractivity contribution in [1.29, 1.82) is 5.26 Å². The zero-order chi connectivity index (χ0) is 17.4. The molecule has 2 N–H and O–H groups in total. The van der Waals surface area contributed by atoms with Crippen molar-refractivity contribution in [3.63, 3.8) is 0 Å². The number of hydrogen-bond acceptors (Lipinski definition) is 4. The molecule has 1 aromatic heterocycles. The standard InChI is InChI=1S/C18H25N5O/c1-20-18(22-13-19)21-9-5-4-6-16-11-15-8-7-14(12-23(2)3)10-17(15)24-16/h7-8,10-11H,4-6,9,12H2,1-3H3,(H2,20,21,22). The van der Waals surface area contributed by atoms with Crippen molar-refractivity contribution >= 4 is 16.9 Å². The number of nitriles is 1. The third-order valence-electron chi connectivity index (χ3n) is 3.67. The highest BCUT2D eigenvalue weighted by Gasteiger charge is 2.05. The third-order valence-corrected chi connectivity index (χ3v) is 3.67. The number of aryl methyl sites for hydroxylation is 1. The van der Waals surface area contributed by atoms with E-state index in [4.69, 9.17) is 9.68 Å². The number of unbranched alkanes of at least 4 members (excludes halogenated alkanes) is 1. The number of nitrogens with one attached hydrogen (secondary N) is 2. The minimum Gasteiger partial charge on any atom is -0.461 e. The molecule has 0 bridgehead atoms. The maximum Gasteiger partial charge on any atom is 0.204 e. The van der Waals surface area contributed by atoms with Crippen molar-refractivity contribution < 1.29 is 4.42 Å². The average molecular weight is 327 g/mol. The molecule has 0 aliphatic rings. The Labute approximate surface area is 143 Å². The Kier molecular flexibility index (Phi) is 6.64. The minimum absolute atomic E-state index is 0.509. The maximum absolute atomic E-state index is 8.56. The van der Waals surface area contributed by atoms with E-state index in [2.05, 4.69) is 58.9 Å². The number of hydrogen-bond donors (Lipinski definition) is 2. The number of benzene rings is 1. The Hall–Kier alpha value is -2.52. The van der Waals surface area contributed by atoms with E-state index in [1.54, 1.807) is 7.05 Å². The van der Waals surface area contributed by atoms with E-state index in [9.17, 15) is 0 Å². The first kappa shape index (κ1) is 17.8. The van der Waals surface area contributed by atoms with Crippen LogP contribution >= 0.6 is 0 Å². The van der Waals surface area contributed by atoms with Crippen molar-refractivity contribution in [2.24, 2.45) is 4.99 Å². The lowest BCUT2D eigenvalue weighted by molar-refractivity contribution is 0.402. The van der Waals surface area contributed by atoms with Gasteiger partial charge in [-0.05, 0) is 44.6 Å². The highest BCUT2D eigenvalue weighted by atomic mass is 16.3. The molecule has 6 heteroatoms. The summed E-state index contributed by atoms with van der Waals surface area (Å²) in [6.45, 7) is 1.68. The van der Waals surface area contributed by atoms with Gasteiger partial charge in [0.1, 0.15) is 11.3 Å². The Morgan fingerprint density at radius 3 is 2.83 bits per heavy atom. The van der Waals surface area contributed by atoms with Gasteiger partial charge in [0.05, 0.1) is 0 Å². The van der Waals surface area contributed by atoms with Crippen molar-refractivity contribution in [1.82, 2.24) is 15.5 Å². The first-order valence-electron chi connectivity index (χ1n) is 8.14. The molecule has 1 aromatic carbocycles. The summed E-state index contributed by atoms with van der Waals surface area (Å²) < 4.78 is 5.96. The van der Waals surface area contributed by atoms with Crippen LogP contribution in [0.2, 0.25) is 0 Å². The molecule has 0 unspecified atom stereocenters. The first-order chi connectivity index (χ1) is 11.6. The average Bonchev–Trinajstić information content (AvgIpc) is 2.95. The molecule has 2 rings (SSSR count). The lowest BCUT2D eigenvalue weighted by atomic mass is 10.1. The molecule has 6 nitrogen and oxygen atoms in total. The summed E-state index contributed by atoms with van der Waals surface area (Å²) in [6, 6.07) is 8.52. The van der Waals surface area contributed by atoms with Crippen molar-refractivity contribution in [2.75, 3.05) is 27.7 Å². The molecular formula is C18H25N5O. The van der Waals surface area contributed by atoms with Crippen LogP contribution in [0.1, 0.15) is 24.2 Å². The van der Waals surface area contributed by atoms with Gasteiger partial charge in [-0.15, -0.1) is 0 Å². The zero-order valence-electron chi connectivity index (χ0n) is 14.6. The van der Waals surface area contributed by atoms with Gasteiger partial charge in [0.15, 0.2) is 6.19 Å². The van der Waals surface area contributed by atoms with Crippen molar-refractivity contribution in [3.8, 4) is 6.19 Å². The van der Waals surface area contributed by atoms with Crippen molar-refractivity contribution in [2.45, 2.75) is 25.8 Å². The fraction of sp³-hybridized carbons (Fsp3) is 0.444. The van der Waals surface area contributed by atoms with Gasteiger partial charge >= 0.3 is 0 Å². The maximum atomic E-state index is 8.56. The molecule has 0 saturated heterocycles. The van der Waals surface area contributed by atoms with Gasteiger partial charge in [-0.1, -0.05) is 12.1 Å². The molecule has 0 atom stereocenters. The monoisotopic (exact) mass is 327 g/mol. The van der Waals surface area contributed by atoms with Gasteiger partial charge in [-0.25, -0.2) is 0 Å². The number of nitrogens with zero attached hydrogens (tertiary/aromatic N) is 3. The highest BCUT2D eigenvalue weighted by molar-refractivity contribution is 5.81. The lowest BCUT2D eigenvalue weighted by Crippen LogP contribution is -2.34. The van der Waals surface area contributed by atoms with Crippen LogP contribution in [0.25, 0.3) is 11.0 Å². The summed E-state index contributed by atoms with van der Waals surface area (Å²) in [6.07, 6.45) is 4.76. The predicted molar refractivity (Wildman–Crippen MR) is 96.7 cm³/mol. The van der Waals surface area contributed by atoms with Gasteiger partial charge in [0.25, 0.3) is 0 Å². The summed E-state index contributed by atoms with van der Waals surface area (Å²) in [5, 5.41) is 15.3. The number of rotatable bonds is 7. The van der Waals surface area contributed by atoms with Gasteiger partial charge in [0, 0.05) is 31.9 Å². The van der Waals surface area contributed by atoms with E-state index in [1.165, 1.54) is 5.56 Å². The van der Waals surface area contributed by atoms with E-state index >= 15 is 0 Å². The lowest BCUT2D eigenvalue weighted by Gasteiger charge is -2.08. The van der Waals surface area contributed by atoms with E-state index in [1.807, 2.05) is 6.19 Å². The molecule has 0 radical (unpaired) electrons. The summed E-state index contributed by atoms with van der Waals surface area (Å²) in [5.74, 6) is 1.53. The summed E-state index contributed by atoms with van der Waals surface area (Å²) >= 11 is 0. The molecule has 128 valence electrons. The number of fused-ring (bicyclic) bond motifs is 1. The van der Waals surface area contributed by atoms with Crippen LogP contribution in [0.5, 0.6) is 0 Å². The third kappa shape index (κ3) is 5.28. The van der Waals surface area contributed by atoms with E-state index in [0.29, 0.717) is 5.96 Å². The smallest absolute Gasteiger partial charge is 0.204 e. The fourth-order valence-electron chi connectivity index (χ4n) is 2.58. The molecule has 2 aromatic rings. The number of guanidine groups is 1. The second-order valence-corrected chi connectivity index (χ2v) is 6.02. The van der Waals surface area contributed by atoms with E-state index in [0.717, 1.165) is 49.1 Å². The molecule has 24 heavy (non-hydrogen) atoms. The number of furan rings is 1. The van der Waals surface area contributed by atoms with Crippen molar-refractivity contribution in [3.05, 3.63) is 35.6 Å². The largest absolute Gasteiger partial charge is 0.461 e. The Bertz CT molecular complexity index is 727. The minimum atomic E-state index is 0.509. The quantitative estimate of drug-likeness (QED) is 0.269. The summed E-state index contributed by atoms with van der Waals surface area (Å²) in [7, 11) is 5.77. The molecule has 0 fully saturated rings. The molecular weight excluding hydrogens is 302 g/mol. The Balaban J connectivity index is 1.82. The van der Waals surface area contributed by atoms with Crippen LogP contribution in [-0.2, 0) is 13.0 Å². The predicted octanol–water partition coefficient (Wildman–Crippen LogP) is 2.46. The van der Waals surface area contributed by atoms with Crippen LogP contribution in [0.3, 0.4) is 0 Å². The second kappa shape index (κ2) is 8.94. The molecule has 0 saturated carbocycles. The Morgan fingerprint density at radius 1 is 1.29 bits per heavy atom. The first-order valence-corrected chi connectivity index (χ1v) is 8.14. The molecule has 0 spiro atoms. The summed E-state index contributed by atoms with van der Waals surface area (Å²) in [4.78, 5) is 6.09. The van der Waals surface area contributed by atoms with Crippen LogP contribution in [0, 0.1) is 11.5 Å².